The maximum Gasteiger partial charge on any atom is 0.141 e. The molecule has 1 rings (SSSR count). The van der Waals surface area contributed by atoms with Crippen LogP contribution in [0.3, 0.4) is 0 Å². The normalized spacial score (nSPS) is 12.7. The second-order valence-electron chi connectivity index (χ2n) is 5.05. The van der Waals surface area contributed by atoms with Crippen molar-refractivity contribution in [1.82, 2.24) is 9.78 Å². The number of Topliss-reactive ketones (excluding diaryl/α,β-unsaturated/α-hetero) is 1. The van der Waals surface area contributed by atoms with Crippen LogP contribution in [0.4, 0.5) is 0 Å². The number of aromatic nitrogens is 2. The zero-order valence-corrected chi connectivity index (χ0v) is 13.3. The molecular formula is C15H25ClN2O. The average molecular weight is 285 g/mol. The first kappa shape index (κ1) is 16.2. The Bertz CT molecular complexity index is 426. The third-order valence-electron chi connectivity index (χ3n) is 3.65. The lowest BCUT2D eigenvalue weighted by atomic mass is 9.92. The topological polar surface area (TPSA) is 34.9 Å². The predicted octanol–water partition coefficient (Wildman–Crippen LogP) is 4.19. The molecule has 4 heteroatoms. The van der Waals surface area contributed by atoms with Crippen molar-refractivity contribution in [2.45, 2.75) is 66.3 Å². The molecule has 1 atom stereocenters. The third kappa shape index (κ3) is 4.07. The molecule has 19 heavy (non-hydrogen) atoms. The van der Waals surface area contributed by atoms with Crippen LogP contribution < -0.4 is 0 Å². The largest absolute Gasteiger partial charge is 0.299 e. The quantitative estimate of drug-likeness (QED) is 0.717. The summed E-state index contributed by atoms with van der Waals surface area (Å²) in [6.45, 7) is 8.90. The Balaban J connectivity index is 2.80. The number of nitrogens with zero attached hydrogens (tertiary/aromatic N) is 2. The second-order valence-corrected chi connectivity index (χ2v) is 5.43. The zero-order valence-electron chi connectivity index (χ0n) is 12.5. The van der Waals surface area contributed by atoms with Gasteiger partial charge in [-0.2, -0.15) is 5.10 Å². The summed E-state index contributed by atoms with van der Waals surface area (Å²) in [7, 11) is 0. The smallest absolute Gasteiger partial charge is 0.141 e. The van der Waals surface area contributed by atoms with Crippen molar-refractivity contribution >= 4 is 17.4 Å². The number of carbonyl (C=O) groups excluding carboxylic acids is 1. The molecule has 0 saturated heterocycles. The van der Waals surface area contributed by atoms with E-state index in [0.29, 0.717) is 17.2 Å². The van der Waals surface area contributed by atoms with Crippen LogP contribution in [0.1, 0.15) is 57.8 Å². The number of hydrogen-bond acceptors (Lipinski definition) is 2. The van der Waals surface area contributed by atoms with Gasteiger partial charge < -0.3 is 0 Å². The highest BCUT2D eigenvalue weighted by atomic mass is 35.5. The maximum atomic E-state index is 12.4. The van der Waals surface area contributed by atoms with E-state index in [1.807, 2.05) is 18.5 Å². The first-order valence-corrected chi connectivity index (χ1v) is 7.67. The van der Waals surface area contributed by atoms with E-state index in [1.165, 1.54) is 0 Å². The number of aryl methyl sites for hydroxylation is 2. The van der Waals surface area contributed by atoms with Crippen LogP contribution in [0.25, 0.3) is 0 Å². The monoisotopic (exact) mass is 284 g/mol. The van der Waals surface area contributed by atoms with Crippen molar-refractivity contribution in [3.05, 3.63) is 16.4 Å². The Morgan fingerprint density at radius 1 is 1.37 bits per heavy atom. The van der Waals surface area contributed by atoms with Crippen LogP contribution in [0.2, 0.25) is 5.02 Å². The lowest BCUT2D eigenvalue weighted by molar-refractivity contribution is -0.122. The minimum absolute atomic E-state index is 0.163. The van der Waals surface area contributed by atoms with Gasteiger partial charge in [-0.15, -0.1) is 0 Å². The summed E-state index contributed by atoms with van der Waals surface area (Å²) in [6.07, 6.45) is 4.56. The molecule has 0 aliphatic carbocycles. The van der Waals surface area contributed by atoms with E-state index in [2.05, 4.69) is 18.9 Å². The zero-order chi connectivity index (χ0) is 14.4. The SMILES string of the molecule is CCCCC(CC)C(=O)Cc1c(Cl)c(C)nn1CC. The van der Waals surface area contributed by atoms with Gasteiger partial charge in [-0.1, -0.05) is 38.3 Å². The molecule has 0 aliphatic rings. The molecule has 0 radical (unpaired) electrons. The van der Waals surface area contributed by atoms with Crippen LogP contribution in [0, 0.1) is 12.8 Å². The lowest BCUT2D eigenvalue weighted by Crippen LogP contribution is -2.18. The van der Waals surface area contributed by atoms with Crippen molar-refractivity contribution in [3.63, 3.8) is 0 Å². The van der Waals surface area contributed by atoms with Gasteiger partial charge in [-0.3, -0.25) is 9.48 Å². The lowest BCUT2D eigenvalue weighted by Gasteiger charge is -2.13. The van der Waals surface area contributed by atoms with Gasteiger partial charge in [0.2, 0.25) is 0 Å². The molecule has 108 valence electrons. The fourth-order valence-electron chi connectivity index (χ4n) is 2.39. The Morgan fingerprint density at radius 2 is 2.05 bits per heavy atom. The number of ketones is 1. The van der Waals surface area contributed by atoms with E-state index in [1.54, 1.807) is 0 Å². The Kier molecular flexibility index (Phi) is 6.56. The van der Waals surface area contributed by atoms with E-state index in [4.69, 9.17) is 11.6 Å². The summed E-state index contributed by atoms with van der Waals surface area (Å²) in [5.41, 5.74) is 1.69. The highest BCUT2D eigenvalue weighted by Gasteiger charge is 2.21. The fraction of sp³-hybridized carbons (Fsp3) is 0.733. The molecule has 0 N–H and O–H groups in total. The Hall–Kier alpha value is -0.830. The molecule has 0 bridgehead atoms. The van der Waals surface area contributed by atoms with Gasteiger partial charge in [-0.25, -0.2) is 0 Å². The third-order valence-corrected chi connectivity index (χ3v) is 4.14. The van der Waals surface area contributed by atoms with E-state index < -0.39 is 0 Å². The van der Waals surface area contributed by atoms with Crippen molar-refractivity contribution in [1.29, 1.82) is 0 Å². The average Bonchev–Trinajstić information content (AvgIpc) is 2.67. The molecule has 0 fully saturated rings. The van der Waals surface area contributed by atoms with Gasteiger partial charge >= 0.3 is 0 Å². The molecule has 1 aromatic heterocycles. The van der Waals surface area contributed by atoms with E-state index >= 15 is 0 Å². The predicted molar refractivity (Wildman–Crippen MR) is 79.7 cm³/mol. The van der Waals surface area contributed by atoms with Crippen molar-refractivity contribution in [2.75, 3.05) is 0 Å². The van der Waals surface area contributed by atoms with E-state index in [9.17, 15) is 4.79 Å². The molecule has 0 saturated carbocycles. The Morgan fingerprint density at radius 3 is 2.58 bits per heavy atom. The Labute approximate surface area is 121 Å². The number of carbonyl (C=O) groups is 1. The second kappa shape index (κ2) is 7.68. The van der Waals surface area contributed by atoms with E-state index in [0.717, 1.165) is 43.6 Å². The summed E-state index contributed by atoms with van der Waals surface area (Å²) < 4.78 is 1.85. The number of hydrogen-bond donors (Lipinski definition) is 0. The van der Waals surface area contributed by atoms with Gasteiger partial charge in [0.15, 0.2) is 0 Å². The molecule has 0 aromatic carbocycles. The summed E-state index contributed by atoms with van der Waals surface area (Å²) in [6, 6.07) is 0. The fourth-order valence-corrected chi connectivity index (χ4v) is 2.59. The highest BCUT2D eigenvalue weighted by Crippen LogP contribution is 2.23. The van der Waals surface area contributed by atoms with Gasteiger partial charge in [0.1, 0.15) is 5.78 Å². The summed E-state index contributed by atoms with van der Waals surface area (Å²) in [5.74, 6) is 0.462. The summed E-state index contributed by atoms with van der Waals surface area (Å²) >= 11 is 6.25. The van der Waals surface area contributed by atoms with Crippen LogP contribution >= 0.6 is 11.6 Å². The van der Waals surface area contributed by atoms with Gasteiger partial charge in [0.05, 0.1) is 22.8 Å². The molecular weight excluding hydrogens is 260 g/mol. The van der Waals surface area contributed by atoms with Crippen molar-refractivity contribution < 1.29 is 4.79 Å². The molecule has 1 heterocycles. The van der Waals surface area contributed by atoms with Crippen molar-refractivity contribution in [2.24, 2.45) is 5.92 Å². The first-order valence-electron chi connectivity index (χ1n) is 7.29. The summed E-state index contributed by atoms with van der Waals surface area (Å²) in [4.78, 5) is 12.4. The van der Waals surface area contributed by atoms with Gasteiger partial charge in [-0.05, 0) is 26.7 Å². The minimum Gasteiger partial charge on any atom is -0.299 e. The number of unbranched alkanes of at least 4 members (excludes halogenated alkanes) is 1. The molecule has 0 amide bonds. The van der Waals surface area contributed by atoms with Crippen LogP contribution in [0.15, 0.2) is 0 Å². The van der Waals surface area contributed by atoms with Crippen LogP contribution in [-0.2, 0) is 17.8 Å². The van der Waals surface area contributed by atoms with Crippen LogP contribution in [0.5, 0.6) is 0 Å². The molecule has 0 spiro atoms. The van der Waals surface area contributed by atoms with Gasteiger partial charge in [0.25, 0.3) is 0 Å². The van der Waals surface area contributed by atoms with Gasteiger partial charge in [0, 0.05) is 12.5 Å². The standard InChI is InChI=1S/C15H25ClN2O/c1-5-8-9-12(6-2)14(19)10-13-15(16)11(4)17-18(13)7-3/h12H,5-10H2,1-4H3. The van der Waals surface area contributed by atoms with E-state index in [-0.39, 0.29) is 5.92 Å². The van der Waals surface area contributed by atoms with Crippen molar-refractivity contribution in [3.8, 4) is 0 Å². The molecule has 1 aromatic rings. The molecule has 1 unspecified atom stereocenters. The molecule has 0 aliphatic heterocycles. The number of halogens is 1. The maximum absolute atomic E-state index is 12.4. The highest BCUT2D eigenvalue weighted by molar-refractivity contribution is 6.32. The number of rotatable bonds is 8. The minimum atomic E-state index is 0.163. The van der Waals surface area contributed by atoms with Crippen LogP contribution in [-0.4, -0.2) is 15.6 Å². The summed E-state index contributed by atoms with van der Waals surface area (Å²) in [5, 5.41) is 5.01. The molecule has 3 nitrogen and oxygen atoms in total. The first-order chi connectivity index (χ1) is 9.04.